The molecule has 130 valence electrons. The summed E-state index contributed by atoms with van der Waals surface area (Å²) in [4.78, 5) is 26.4. The molecule has 5 nitrogen and oxygen atoms in total. The zero-order valence-corrected chi connectivity index (χ0v) is 15.0. The van der Waals surface area contributed by atoms with Gasteiger partial charge in [0.1, 0.15) is 5.75 Å². The van der Waals surface area contributed by atoms with Crippen LogP contribution in [0, 0.1) is 5.92 Å². The predicted octanol–water partition coefficient (Wildman–Crippen LogP) is 3.99. The third-order valence-electron chi connectivity index (χ3n) is 4.06. The van der Waals surface area contributed by atoms with E-state index in [-0.39, 0.29) is 24.8 Å². The Morgan fingerprint density at radius 1 is 1.24 bits per heavy atom. The zero-order chi connectivity index (χ0) is 18.0. The SMILES string of the molecule is COc1ccccc1NC(=O)C1CC(=O)N(c2ccc(Cl)cc2Cl)C1. The number of para-hydroxylation sites is 2. The molecule has 0 spiro atoms. The van der Waals surface area contributed by atoms with Crippen molar-refractivity contribution < 1.29 is 14.3 Å². The smallest absolute Gasteiger partial charge is 0.229 e. The highest BCUT2D eigenvalue weighted by atomic mass is 35.5. The standard InChI is InChI=1S/C18H16Cl2N2O3/c1-25-16-5-3-2-4-14(16)21-18(24)11-8-17(23)22(10-11)15-7-6-12(19)9-13(15)20/h2-7,9,11H,8,10H2,1H3,(H,21,24). The van der Waals surface area contributed by atoms with Gasteiger partial charge in [0.2, 0.25) is 11.8 Å². The van der Waals surface area contributed by atoms with Crippen molar-refractivity contribution >= 4 is 46.4 Å². The lowest BCUT2D eigenvalue weighted by molar-refractivity contribution is -0.122. The van der Waals surface area contributed by atoms with Crippen LogP contribution in [0.4, 0.5) is 11.4 Å². The Morgan fingerprint density at radius 3 is 2.72 bits per heavy atom. The monoisotopic (exact) mass is 378 g/mol. The summed E-state index contributed by atoms with van der Waals surface area (Å²) >= 11 is 12.1. The van der Waals surface area contributed by atoms with E-state index in [1.807, 2.05) is 6.07 Å². The van der Waals surface area contributed by atoms with Crippen molar-refractivity contribution in [1.82, 2.24) is 0 Å². The Morgan fingerprint density at radius 2 is 2.00 bits per heavy atom. The summed E-state index contributed by atoms with van der Waals surface area (Å²) in [7, 11) is 1.54. The normalized spacial score (nSPS) is 16.8. The maximum Gasteiger partial charge on any atom is 0.229 e. The summed E-state index contributed by atoms with van der Waals surface area (Å²) in [5.74, 6) is -0.281. The second-order valence-corrected chi connectivity index (χ2v) is 6.53. The number of nitrogens with one attached hydrogen (secondary N) is 1. The van der Waals surface area contributed by atoms with Gasteiger partial charge in [-0.1, -0.05) is 35.3 Å². The van der Waals surface area contributed by atoms with E-state index in [0.717, 1.165) is 0 Å². The van der Waals surface area contributed by atoms with Gasteiger partial charge in [0.15, 0.2) is 0 Å². The van der Waals surface area contributed by atoms with Crippen LogP contribution in [0.2, 0.25) is 10.0 Å². The van der Waals surface area contributed by atoms with Gasteiger partial charge in [-0.05, 0) is 30.3 Å². The molecule has 3 rings (SSSR count). The van der Waals surface area contributed by atoms with Crippen molar-refractivity contribution in [3.63, 3.8) is 0 Å². The van der Waals surface area contributed by atoms with Crippen LogP contribution >= 0.6 is 23.2 Å². The number of carbonyl (C=O) groups is 2. The van der Waals surface area contributed by atoms with Crippen LogP contribution < -0.4 is 15.0 Å². The molecule has 0 aromatic heterocycles. The molecule has 25 heavy (non-hydrogen) atoms. The number of anilines is 2. The molecule has 2 amide bonds. The molecule has 1 saturated heterocycles. The molecule has 7 heteroatoms. The Hall–Kier alpha value is -2.24. The molecular weight excluding hydrogens is 363 g/mol. The minimum Gasteiger partial charge on any atom is -0.495 e. The minimum atomic E-state index is -0.468. The minimum absolute atomic E-state index is 0.125. The Balaban J connectivity index is 1.74. The van der Waals surface area contributed by atoms with Gasteiger partial charge in [0, 0.05) is 18.0 Å². The molecule has 2 aromatic carbocycles. The average molecular weight is 379 g/mol. The van der Waals surface area contributed by atoms with E-state index in [0.29, 0.717) is 27.2 Å². The van der Waals surface area contributed by atoms with E-state index in [4.69, 9.17) is 27.9 Å². The van der Waals surface area contributed by atoms with Gasteiger partial charge in [-0.25, -0.2) is 0 Å². The quantitative estimate of drug-likeness (QED) is 0.874. The van der Waals surface area contributed by atoms with Crippen LogP contribution in [0.5, 0.6) is 5.75 Å². The number of hydrogen-bond acceptors (Lipinski definition) is 3. The van der Waals surface area contributed by atoms with Crippen LogP contribution in [0.1, 0.15) is 6.42 Å². The second kappa shape index (κ2) is 7.33. The molecule has 0 radical (unpaired) electrons. The van der Waals surface area contributed by atoms with Crippen LogP contribution in [0.15, 0.2) is 42.5 Å². The van der Waals surface area contributed by atoms with Gasteiger partial charge < -0.3 is 15.0 Å². The van der Waals surface area contributed by atoms with Gasteiger partial charge in [-0.3, -0.25) is 9.59 Å². The Kier molecular flexibility index (Phi) is 5.16. The number of halogens is 2. The summed E-state index contributed by atoms with van der Waals surface area (Å²) in [6.45, 7) is 0.265. The van der Waals surface area contributed by atoms with E-state index in [1.54, 1.807) is 36.4 Å². The van der Waals surface area contributed by atoms with E-state index in [1.165, 1.54) is 12.0 Å². The highest BCUT2D eigenvalue weighted by Crippen LogP contribution is 2.34. The predicted molar refractivity (Wildman–Crippen MR) is 98.5 cm³/mol. The lowest BCUT2D eigenvalue weighted by atomic mass is 10.1. The van der Waals surface area contributed by atoms with E-state index in [2.05, 4.69) is 5.32 Å². The highest BCUT2D eigenvalue weighted by Gasteiger charge is 2.36. The third-order valence-corrected chi connectivity index (χ3v) is 4.60. The van der Waals surface area contributed by atoms with Crippen LogP contribution in [0.25, 0.3) is 0 Å². The number of carbonyl (C=O) groups excluding carboxylic acids is 2. The lowest BCUT2D eigenvalue weighted by Crippen LogP contribution is -2.28. The first-order chi connectivity index (χ1) is 12.0. The fourth-order valence-corrected chi connectivity index (χ4v) is 3.31. The molecule has 1 fully saturated rings. The van der Waals surface area contributed by atoms with Gasteiger partial charge in [0.05, 0.1) is 29.4 Å². The fourth-order valence-electron chi connectivity index (χ4n) is 2.80. The highest BCUT2D eigenvalue weighted by molar-refractivity contribution is 6.36. The molecule has 1 N–H and O–H groups in total. The first-order valence-electron chi connectivity index (χ1n) is 7.69. The number of ether oxygens (including phenoxy) is 1. The molecule has 1 atom stereocenters. The number of rotatable bonds is 4. The van der Waals surface area contributed by atoms with E-state index >= 15 is 0 Å². The van der Waals surface area contributed by atoms with Crippen LogP contribution in [-0.2, 0) is 9.59 Å². The van der Waals surface area contributed by atoms with Crippen molar-refractivity contribution in [3.8, 4) is 5.75 Å². The summed E-state index contributed by atoms with van der Waals surface area (Å²) in [6, 6.07) is 12.1. The molecule has 1 aliphatic heterocycles. The van der Waals surface area contributed by atoms with Crippen molar-refractivity contribution in [2.75, 3.05) is 23.9 Å². The van der Waals surface area contributed by atoms with Crippen LogP contribution in [-0.4, -0.2) is 25.5 Å². The van der Waals surface area contributed by atoms with E-state index in [9.17, 15) is 9.59 Å². The van der Waals surface area contributed by atoms with Gasteiger partial charge in [-0.2, -0.15) is 0 Å². The summed E-state index contributed by atoms with van der Waals surface area (Å²) in [6.07, 6.45) is 0.125. The lowest BCUT2D eigenvalue weighted by Gasteiger charge is -2.18. The van der Waals surface area contributed by atoms with Crippen molar-refractivity contribution in [1.29, 1.82) is 0 Å². The topological polar surface area (TPSA) is 58.6 Å². The summed E-state index contributed by atoms with van der Waals surface area (Å²) in [5.41, 5.74) is 1.13. The van der Waals surface area contributed by atoms with Crippen molar-refractivity contribution in [3.05, 3.63) is 52.5 Å². The zero-order valence-electron chi connectivity index (χ0n) is 13.5. The second-order valence-electron chi connectivity index (χ2n) is 5.69. The molecule has 1 heterocycles. The maximum absolute atomic E-state index is 12.5. The maximum atomic E-state index is 12.5. The average Bonchev–Trinajstić information content (AvgIpc) is 2.97. The summed E-state index contributed by atoms with van der Waals surface area (Å²) < 4.78 is 5.23. The number of methoxy groups -OCH3 is 1. The first-order valence-corrected chi connectivity index (χ1v) is 8.44. The van der Waals surface area contributed by atoms with Crippen molar-refractivity contribution in [2.45, 2.75) is 6.42 Å². The summed E-state index contributed by atoms with van der Waals surface area (Å²) in [5, 5.41) is 3.70. The van der Waals surface area contributed by atoms with Gasteiger partial charge in [0.25, 0.3) is 0 Å². The van der Waals surface area contributed by atoms with Crippen LogP contribution in [0.3, 0.4) is 0 Å². The van der Waals surface area contributed by atoms with Gasteiger partial charge >= 0.3 is 0 Å². The molecular formula is C18H16Cl2N2O3. The number of amides is 2. The number of hydrogen-bond donors (Lipinski definition) is 1. The Labute approximate surface area is 155 Å². The van der Waals surface area contributed by atoms with E-state index < -0.39 is 5.92 Å². The molecule has 0 aliphatic carbocycles. The molecule has 1 unspecified atom stereocenters. The Bertz CT molecular complexity index is 826. The molecule has 0 bridgehead atoms. The largest absolute Gasteiger partial charge is 0.495 e. The van der Waals surface area contributed by atoms with Crippen molar-refractivity contribution in [2.24, 2.45) is 5.92 Å². The molecule has 1 aliphatic rings. The fraction of sp³-hybridized carbons (Fsp3) is 0.222. The van der Waals surface area contributed by atoms with Gasteiger partial charge in [-0.15, -0.1) is 0 Å². The molecule has 2 aromatic rings. The first kappa shape index (κ1) is 17.6. The number of nitrogens with zero attached hydrogens (tertiary/aromatic N) is 1. The third kappa shape index (κ3) is 3.72. The molecule has 0 saturated carbocycles. The number of benzene rings is 2.